The number of nitrogens with two attached hydrogens (primary N) is 1. The number of nitrogen functional groups attached to an aromatic ring is 1. The Hall–Kier alpha value is -2.20. The molecule has 0 fully saturated rings. The molecule has 2 aromatic carbocycles. The average molecular weight is 368 g/mol. The molecule has 146 valence electrons. The van der Waals surface area contributed by atoms with E-state index in [0.717, 1.165) is 23.1 Å². The van der Waals surface area contributed by atoms with Crippen LogP contribution in [0.3, 0.4) is 0 Å². The molecule has 0 saturated carbocycles. The highest BCUT2D eigenvalue weighted by atomic mass is 16.3. The van der Waals surface area contributed by atoms with Crippen molar-refractivity contribution in [1.29, 1.82) is 0 Å². The summed E-state index contributed by atoms with van der Waals surface area (Å²) in [6.45, 7) is 15.4. The summed E-state index contributed by atoms with van der Waals surface area (Å²) in [5, 5.41) is 3.34. The molecule has 3 N–H and O–H groups in total. The number of nitroso groups, excluding NO2 is 1. The highest BCUT2D eigenvalue weighted by Crippen LogP contribution is 2.45. The van der Waals surface area contributed by atoms with Crippen molar-refractivity contribution in [2.75, 3.05) is 5.43 Å². The molecule has 0 bridgehead atoms. The van der Waals surface area contributed by atoms with Gasteiger partial charge in [0.1, 0.15) is 5.69 Å². The van der Waals surface area contributed by atoms with Crippen LogP contribution in [0.5, 0.6) is 0 Å². The first-order chi connectivity index (χ1) is 12.4. The van der Waals surface area contributed by atoms with E-state index in [-0.39, 0.29) is 16.2 Å². The van der Waals surface area contributed by atoms with Gasteiger partial charge in [0.25, 0.3) is 0 Å². The lowest BCUT2D eigenvalue weighted by molar-refractivity contribution is 0.284. The molecule has 0 spiro atoms. The Bertz CT molecular complexity index is 802. The standard InChI is InChI=1S/C23H33N3O/c1-21(2,3)15-22(4,5)17-13-18(20(26-27)19(14-17)25-24)23(6,7)16-11-9-8-10-12-16/h8-14,25H,15,24H2,1-7H3. The second-order valence-electron chi connectivity index (χ2n) is 9.77. The van der Waals surface area contributed by atoms with Gasteiger partial charge >= 0.3 is 0 Å². The summed E-state index contributed by atoms with van der Waals surface area (Å²) < 4.78 is 0. The van der Waals surface area contributed by atoms with Crippen LogP contribution < -0.4 is 11.3 Å². The molecule has 0 aromatic heterocycles. The summed E-state index contributed by atoms with van der Waals surface area (Å²) in [5.74, 6) is 5.77. The maximum atomic E-state index is 11.7. The third kappa shape index (κ3) is 4.56. The number of benzene rings is 2. The quantitative estimate of drug-likeness (QED) is 0.352. The van der Waals surface area contributed by atoms with Crippen LogP contribution in [0.2, 0.25) is 0 Å². The molecule has 4 heteroatoms. The lowest BCUT2D eigenvalue weighted by Gasteiger charge is -2.35. The van der Waals surface area contributed by atoms with E-state index in [1.165, 1.54) is 0 Å². The largest absolute Gasteiger partial charge is 0.322 e. The molecule has 2 rings (SSSR count). The van der Waals surface area contributed by atoms with E-state index in [2.05, 4.69) is 77.3 Å². The zero-order chi connectivity index (χ0) is 20.5. The second kappa shape index (κ2) is 7.43. The predicted molar refractivity (Wildman–Crippen MR) is 115 cm³/mol. The maximum absolute atomic E-state index is 11.7. The maximum Gasteiger partial charge on any atom is 0.136 e. The first-order valence-electron chi connectivity index (χ1n) is 9.47. The van der Waals surface area contributed by atoms with Crippen LogP contribution in [0.15, 0.2) is 47.6 Å². The summed E-state index contributed by atoms with van der Waals surface area (Å²) in [6, 6.07) is 14.3. The van der Waals surface area contributed by atoms with Crippen molar-refractivity contribution in [3.63, 3.8) is 0 Å². The Labute approximate surface area is 163 Å². The van der Waals surface area contributed by atoms with E-state index in [0.29, 0.717) is 11.4 Å². The van der Waals surface area contributed by atoms with Crippen molar-refractivity contribution in [1.82, 2.24) is 0 Å². The molecule has 0 radical (unpaired) electrons. The number of anilines is 1. The third-order valence-electron chi connectivity index (χ3n) is 5.28. The van der Waals surface area contributed by atoms with Gasteiger partial charge in [0, 0.05) is 5.41 Å². The molecule has 0 unspecified atom stereocenters. The molecular formula is C23H33N3O. The van der Waals surface area contributed by atoms with E-state index in [9.17, 15) is 4.91 Å². The van der Waals surface area contributed by atoms with Crippen LogP contribution in [0.4, 0.5) is 11.4 Å². The Balaban J connectivity index is 2.72. The van der Waals surface area contributed by atoms with Gasteiger partial charge in [0.05, 0.1) is 5.69 Å². The van der Waals surface area contributed by atoms with Gasteiger partial charge < -0.3 is 5.43 Å². The molecule has 0 aliphatic rings. The van der Waals surface area contributed by atoms with Gasteiger partial charge in [-0.2, -0.15) is 0 Å². The topological polar surface area (TPSA) is 67.5 Å². The molecule has 2 aromatic rings. The fraction of sp³-hybridized carbons (Fsp3) is 0.478. The number of hydrogen-bond donors (Lipinski definition) is 2. The van der Waals surface area contributed by atoms with Gasteiger partial charge in [0.15, 0.2) is 0 Å². The van der Waals surface area contributed by atoms with Gasteiger partial charge in [-0.05, 0) is 45.2 Å². The van der Waals surface area contributed by atoms with Crippen LogP contribution in [-0.4, -0.2) is 0 Å². The van der Waals surface area contributed by atoms with Crippen LogP contribution in [0, 0.1) is 10.3 Å². The molecule has 27 heavy (non-hydrogen) atoms. The number of nitrogens with zero attached hydrogens (tertiary/aromatic N) is 1. The van der Waals surface area contributed by atoms with Crippen molar-refractivity contribution in [3.05, 3.63) is 64.1 Å². The highest BCUT2D eigenvalue weighted by Gasteiger charge is 2.33. The van der Waals surface area contributed by atoms with Crippen molar-refractivity contribution in [3.8, 4) is 0 Å². The van der Waals surface area contributed by atoms with Crippen LogP contribution in [0.1, 0.15) is 71.6 Å². The second-order valence-corrected chi connectivity index (χ2v) is 9.77. The third-order valence-corrected chi connectivity index (χ3v) is 5.28. The van der Waals surface area contributed by atoms with Crippen LogP contribution >= 0.6 is 0 Å². The molecule has 0 atom stereocenters. The van der Waals surface area contributed by atoms with Gasteiger partial charge in [-0.15, -0.1) is 4.91 Å². The molecule has 0 aliphatic heterocycles. The van der Waals surface area contributed by atoms with E-state index in [1.807, 2.05) is 24.3 Å². The summed E-state index contributed by atoms with van der Waals surface area (Å²) >= 11 is 0. The number of nitrogens with one attached hydrogen (secondary N) is 1. The van der Waals surface area contributed by atoms with Crippen molar-refractivity contribution in [2.24, 2.45) is 16.4 Å². The average Bonchev–Trinajstić information content (AvgIpc) is 2.59. The van der Waals surface area contributed by atoms with E-state index in [1.54, 1.807) is 0 Å². The van der Waals surface area contributed by atoms with E-state index in [4.69, 9.17) is 5.84 Å². The number of hydrogen-bond acceptors (Lipinski definition) is 4. The smallest absolute Gasteiger partial charge is 0.136 e. The molecule has 0 heterocycles. The van der Waals surface area contributed by atoms with Crippen molar-refractivity contribution in [2.45, 2.75) is 65.7 Å². The Kier molecular flexibility index (Phi) is 5.81. The fourth-order valence-electron chi connectivity index (χ4n) is 4.15. The Morgan fingerprint density at radius 1 is 0.926 bits per heavy atom. The SMILES string of the molecule is CC(C)(C)CC(C)(C)c1cc(NN)c(N=O)c(C(C)(C)c2ccccc2)c1. The highest BCUT2D eigenvalue weighted by molar-refractivity contribution is 5.73. The van der Waals surface area contributed by atoms with Crippen LogP contribution in [0.25, 0.3) is 0 Å². The normalized spacial score (nSPS) is 12.7. The lowest BCUT2D eigenvalue weighted by atomic mass is 9.70. The fourth-order valence-corrected chi connectivity index (χ4v) is 4.15. The zero-order valence-electron chi connectivity index (χ0n) is 17.7. The van der Waals surface area contributed by atoms with Crippen molar-refractivity contribution < 1.29 is 0 Å². The van der Waals surface area contributed by atoms with Gasteiger partial charge in [-0.3, -0.25) is 5.84 Å². The first kappa shape index (κ1) is 21.1. The summed E-state index contributed by atoms with van der Waals surface area (Å²) in [4.78, 5) is 11.7. The lowest BCUT2D eigenvalue weighted by Crippen LogP contribution is -2.27. The van der Waals surface area contributed by atoms with E-state index >= 15 is 0 Å². The predicted octanol–water partition coefficient (Wildman–Crippen LogP) is 6.41. The minimum absolute atomic E-state index is 0.0766. The minimum atomic E-state index is -0.385. The monoisotopic (exact) mass is 367 g/mol. The minimum Gasteiger partial charge on any atom is -0.322 e. The Morgan fingerprint density at radius 2 is 1.52 bits per heavy atom. The Morgan fingerprint density at radius 3 is 2.00 bits per heavy atom. The van der Waals surface area contributed by atoms with E-state index < -0.39 is 0 Å². The number of hydrazine groups is 1. The van der Waals surface area contributed by atoms with Gasteiger partial charge in [-0.1, -0.05) is 84.9 Å². The van der Waals surface area contributed by atoms with Gasteiger partial charge in [-0.25, -0.2) is 0 Å². The zero-order valence-corrected chi connectivity index (χ0v) is 17.7. The summed E-state index contributed by atoms with van der Waals surface area (Å²) in [5.41, 5.74) is 6.52. The molecule has 0 saturated heterocycles. The molecular weight excluding hydrogens is 334 g/mol. The molecule has 4 nitrogen and oxygen atoms in total. The summed E-state index contributed by atoms with van der Waals surface area (Å²) in [7, 11) is 0. The molecule has 0 aliphatic carbocycles. The number of rotatable bonds is 6. The van der Waals surface area contributed by atoms with Gasteiger partial charge in [0.2, 0.25) is 0 Å². The van der Waals surface area contributed by atoms with Crippen molar-refractivity contribution >= 4 is 11.4 Å². The first-order valence-corrected chi connectivity index (χ1v) is 9.47. The summed E-state index contributed by atoms with van der Waals surface area (Å²) in [6.07, 6.45) is 1.00. The van der Waals surface area contributed by atoms with Crippen LogP contribution in [-0.2, 0) is 10.8 Å². The molecule has 0 amide bonds.